The van der Waals surface area contributed by atoms with Gasteiger partial charge in [0.15, 0.2) is 0 Å². The molecule has 0 aliphatic rings. The summed E-state index contributed by atoms with van der Waals surface area (Å²) in [7, 11) is -0.730. The van der Waals surface area contributed by atoms with Crippen molar-refractivity contribution in [1.82, 2.24) is 0 Å². The molecule has 0 spiro atoms. The molecule has 1 aromatic rings. The lowest BCUT2D eigenvalue weighted by atomic mass is 9.82. The molecule has 0 aliphatic heterocycles. The predicted octanol–water partition coefficient (Wildman–Crippen LogP) is 5.78. The van der Waals surface area contributed by atoms with E-state index in [0.717, 1.165) is 23.2 Å². The van der Waals surface area contributed by atoms with Gasteiger partial charge in [0.2, 0.25) is 0 Å². The lowest BCUT2D eigenvalue weighted by Gasteiger charge is -2.31. The van der Waals surface area contributed by atoms with Gasteiger partial charge in [0.1, 0.15) is 5.75 Å². The summed E-state index contributed by atoms with van der Waals surface area (Å²) < 4.78 is 7.34. The molecular weight excluding hydrogens is 328 g/mol. The fourth-order valence-corrected chi connectivity index (χ4v) is 2.56. The third-order valence-corrected chi connectivity index (χ3v) is 8.50. The van der Waals surface area contributed by atoms with Crippen LogP contribution >= 0.6 is 15.9 Å². The Labute approximate surface area is 134 Å². The molecule has 20 heavy (non-hydrogen) atoms. The quantitative estimate of drug-likeness (QED) is 0.586. The van der Waals surface area contributed by atoms with E-state index in [1.807, 2.05) is 0 Å². The zero-order valence-electron chi connectivity index (χ0n) is 14.0. The molecule has 0 N–H and O–H groups in total. The summed E-state index contributed by atoms with van der Waals surface area (Å²) in [5, 5.41) is 0.320. The van der Waals surface area contributed by atoms with Gasteiger partial charge in [0.25, 0.3) is 0 Å². The number of benzene rings is 1. The van der Waals surface area contributed by atoms with Gasteiger partial charge in [-0.1, -0.05) is 63.6 Å². The van der Waals surface area contributed by atoms with Crippen LogP contribution in [-0.2, 0) is 5.41 Å². The van der Waals surface area contributed by atoms with Crippen LogP contribution in [0, 0.1) is 0 Å². The van der Waals surface area contributed by atoms with Gasteiger partial charge in [-0.15, -0.1) is 0 Å². The molecule has 114 valence electrons. The first kappa shape index (κ1) is 17.8. The third kappa shape index (κ3) is 4.36. The fraction of sp³-hybridized carbons (Fsp3) is 0.647. The second kappa shape index (κ2) is 6.65. The number of ether oxygens (including phenoxy) is 1. The van der Waals surface area contributed by atoms with E-state index >= 15 is 0 Å². The van der Waals surface area contributed by atoms with Crippen LogP contribution in [-0.4, -0.2) is 15.4 Å². The van der Waals surface area contributed by atoms with E-state index in [1.165, 1.54) is 5.56 Å². The van der Waals surface area contributed by atoms with Gasteiger partial charge >= 0.3 is 0 Å². The van der Waals surface area contributed by atoms with Crippen LogP contribution < -0.4 is 4.74 Å². The highest BCUT2D eigenvalue weighted by Crippen LogP contribution is 2.38. The predicted molar refractivity (Wildman–Crippen MR) is 95.9 cm³/mol. The lowest BCUT2D eigenvalue weighted by Crippen LogP contribution is -2.28. The minimum absolute atomic E-state index is 0.137. The van der Waals surface area contributed by atoms with Crippen molar-refractivity contribution in [1.29, 1.82) is 0 Å². The first-order valence-electron chi connectivity index (χ1n) is 7.53. The summed E-state index contributed by atoms with van der Waals surface area (Å²) >= 11 is 3.58. The van der Waals surface area contributed by atoms with Crippen LogP contribution in [0.2, 0.25) is 18.1 Å². The average Bonchev–Trinajstić information content (AvgIpc) is 2.37. The normalized spacial score (nSPS) is 12.8. The summed E-state index contributed by atoms with van der Waals surface area (Å²) in [6.07, 6.45) is 1.10. The molecule has 1 nitrogen and oxygen atoms in total. The molecular formula is C17H29BrOSi. The van der Waals surface area contributed by atoms with E-state index in [2.05, 4.69) is 81.8 Å². The van der Waals surface area contributed by atoms with E-state index in [9.17, 15) is 0 Å². The fourth-order valence-electron chi connectivity index (χ4n) is 1.78. The molecule has 0 fully saturated rings. The molecule has 0 aliphatic carbocycles. The largest absolute Gasteiger partial charge is 0.493 e. The topological polar surface area (TPSA) is 9.23 Å². The Balaban J connectivity index is 3.02. The van der Waals surface area contributed by atoms with Crippen molar-refractivity contribution in [2.24, 2.45) is 0 Å². The molecule has 1 rings (SSSR count). The van der Waals surface area contributed by atoms with Crippen LogP contribution in [0.1, 0.15) is 46.6 Å². The van der Waals surface area contributed by atoms with Crippen molar-refractivity contribution in [3.05, 3.63) is 28.2 Å². The minimum atomic E-state index is -0.730. The highest BCUT2D eigenvalue weighted by atomic mass is 79.9. The Morgan fingerprint density at radius 2 is 1.75 bits per heavy atom. The maximum absolute atomic E-state index is 6.22. The first-order chi connectivity index (χ1) is 9.10. The number of hydrogen-bond acceptors (Lipinski definition) is 1. The van der Waals surface area contributed by atoms with E-state index < -0.39 is 8.80 Å². The summed E-state index contributed by atoms with van der Waals surface area (Å²) in [4.78, 5) is 0. The number of hydrogen-bond donors (Lipinski definition) is 0. The van der Waals surface area contributed by atoms with Crippen molar-refractivity contribution in [2.75, 3.05) is 6.61 Å². The monoisotopic (exact) mass is 356 g/mol. The maximum Gasteiger partial charge on any atom is 0.123 e. The molecule has 0 radical (unpaired) electrons. The maximum atomic E-state index is 6.22. The number of halogens is 1. The van der Waals surface area contributed by atoms with E-state index in [4.69, 9.17) is 4.74 Å². The van der Waals surface area contributed by atoms with Gasteiger partial charge < -0.3 is 4.74 Å². The van der Waals surface area contributed by atoms with E-state index in [0.29, 0.717) is 5.04 Å². The van der Waals surface area contributed by atoms with Crippen molar-refractivity contribution < 1.29 is 4.74 Å². The van der Waals surface area contributed by atoms with E-state index in [1.54, 1.807) is 0 Å². The molecule has 0 amide bonds. The van der Waals surface area contributed by atoms with Crippen LogP contribution in [0.5, 0.6) is 5.75 Å². The Bertz CT molecular complexity index is 452. The van der Waals surface area contributed by atoms with Gasteiger partial charge in [-0.2, -0.15) is 0 Å². The first-order valence-corrected chi connectivity index (χ1v) is 11.2. The second-order valence-electron chi connectivity index (χ2n) is 7.31. The molecule has 1 aromatic carbocycles. The third-order valence-electron chi connectivity index (χ3n) is 4.72. The second-order valence-corrected chi connectivity index (χ2v) is 12.1. The summed E-state index contributed by atoms with van der Waals surface area (Å²) in [6.45, 7) is 17.0. The summed E-state index contributed by atoms with van der Waals surface area (Å²) in [5.41, 5.74) is 1.44. The molecule has 0 saturated heterocycles. The van der Waals surface area contributed by atoms with Gasteiger partial charge in [-0.3, -0.25) is 0 Å². The molecule has 0 unspecified atom stereocenters. The van der Waals surface area contributed by atoms with Gasteiger partial charge in [0, 0.05) is 18.8 Å². The Morgan fingerprint density at radius 1 is 1.15 bits per heavy atom. The molecule has 0 aromatic heterocycles. The van der Waals surface area contributed by atoms with Crippen molar-refractivity contribution in [2.45, 2.75) is 64.6 Å². The van der Waals surface area contributed by atoms with Crippen molar-refractivity contribution >= 4 is 24.7 Å². The van der Waals surface area contributed by atoms with E-state index in [-0.39, 0.29) is 5.41 Å². The van der Waals surface area contributed by atoms with Crippen molar-refractivity contribution in [3.63, 3.8) is 0 Å². The Kier molecular flexibility index (Phi) is 5.91. The molecule has 0 bridgehead atoms. The molecule has 0 heterocycles. The highest BCUT2D eigenvalue weighted by Gasteiger charge is 2.27. The standard InChI is InChI=1S/C17H29BrOSi/c1-8-16(2,3)14-11-13(18)9-10-15(14)19-12-17(4,5)20(6)7/h9-11,20H,8,12H2,1-7H3. The Morgan fingerprint density at radius 3 is 2.25 bits per heavy atom. The van der Waals surface area contributed by atoms with Gasteiger partial charge in [-0.05, 0) is 35.1 Å². The van der Waals surface area contributed by atoms with Gasteiger partial charge in [0.05, 0.1) is 6.61 Å². The summed E-state index contributed by atoms with van der Waals surface area (Å²) in [6, 6.07) is 6.39. The van der Waals surface area contributed by atoms with Crippen LogP contribution in [0.25, 0.3) is 0 Å². The zero-order valence-corrected chi connectivity index (χ0v) is 16.8. The number of rotatable bonds is 6. The smallest absolute Gasteiger partial charge is 0.123 e. The molecule has 0 saturated carbocycles. The van der Waals surface area contributed by atoms with Crippen LogP contribution in [0.3, 0.4) is 0 Å². The summed E-state index contributed by atoms with van der Waals surface area (Å²) in [5.74, 6) is 1.04. The average molecular weight is 357 g/mol. The Hall–Kier alpha value is -0.283. The van der Waals surface area contributed by atoms with Crippen molar-refractivity contribution in [3.8, 4) is 5.75 Å². The highest BCUT2D eigenvalue weighted by molar-refractivity contribution is 9.10. The van der Waals surface area contributed by atoms with Gasteiger partial charge in [-0.25, -0.2) is 0 Å². The zero-order chi connectivity index (χ0) is 15.6. The lowest BCUT2D eigenvalue weighted by molar-refractivity contribution is 0.268. The van der Waals surface area contributed by atoms with Crippen LogP contribution in [0.4, 0.5) is 0 Å². The van der Waals surface area contributed by atoms with Crippen LogP contribution in [0.15, 0.2) is 22.7 Å². The SMILES string of the molecule is CCC(C)(C)c1cc(Br)ccc1OCC(C)(C)[SiH](C)C. The minimum Gasteiger partial charge on any atom is -0.493 e. The molecule has 0 atom stereocenters. The molecule has 3 heteroatoms.